The van der Waals surface area contributed by atoms with Crippen LogP contribution in [0.2, 0.25) is 0 Å². The van der Waals surface area contributed by atoms with Crippen LogP contribution < -0.4 is 24.4 Å². The van der Waals surface area contributed by atoms with Crippen molar-refractivity contribution in [3.63, 3.8) is 0 Å². The summed E-state index contributed by atoms with van der Waals surface area (Å²) in [5, 5.41) is 3.96. The molecule has 0 aromatic heterocycles. The Morgan fingerprint density at radius 2 is 1.68 bits per heavy atom. The monoisotopic (exact) mass is 420 g/mol. The number of nitrogens with zero attached hydrogens (tertiary/aromatic N) is 1. The highest BCUT2D eigenvalue weighted by molar-refractivity contribution is 5.83. The first-order chi connectivity index (χ1) is 15.2. The van der Waals surface area contributed by atoms with E-state index in [4.69, 9.17) is 18.9 Å². The van der Waals surface area contributed by atoms with Crippen LogP contribution in [0.1, 0.15) is 11.1 Å². The number of carbonyl (C=O) groups excluding carboxylic acids is 1. The van der Waals surface area contributed by atoms with Gasteiger partial charge in [0.05, 0.1) is 20.4 Å². The van der Waals surface area contributed by atoms with Crippen molar-refractivity contribution in [3.05, 3.63) is 83.9 Å². The van der Waals surface area contributed by atoms with Gasteiger partial charge in [0.2, 0.25) is 0 Å². The van der Waals surface area contributed by atoms with Gasteiger partial charge >= 0.3 is 0 Å². The summed E-state index contributed by atoms with van der Waals surface area (Å²) >= 11 is 0. The van der Waals surface area contributed by atoms with E-state index in [0.29, 0.717) is 29.6 Å². The summed E-state index contributed by atoms with van der Waals surface area (Å²) in [6.45, 7) is 0.272. The van der Waals surface area contributed by atoms with Crippen LogP contribution in [-0.2, 0) is 11.4 Å². The van der Waals surface area contributed by atoms with E-state index in [1.54, 1.807) is 50.6 Å². The predicted octanol–water partition coefficient (Wildman–Crippen LogP) is 3.81. The van der Waals surface area contributed by atoms with E-state index in [0.717, 1.165) is 11.1 Å². The van der Waals surface area contributed by atoms with E-state index in [-0.39, 0.29) is 12.5 Å². The lowest BCUT2D eigenvalue weighted by molar-refractivity contribution is -0.123. The summed E-state index contributed by atoms with van der Waals surface area (Å²) in [6, 6.07) is 22.3. The molecule has 3 rings (SSSR count). The molecule has 0 atom stereocenters. The fourth-order valence-corrected chi connectivity index (χ4v) is 2.67. The molecule has 0 aliphatic carbocycles. The second kappa shape index (κ2) is 11.3. The summed E-state index contributed by atoms with van der Waals surface area (Å²) in [7, 11) is 3.14. The van der Waals surface area contributed by atoms with Gasteiger partial charge in [-0.15, -0.1) is 0 Å². The van der Waals surface area contributed by atoms with E-state index >= 15 is 0 Å². The summed E-state index contributed by atoms with van der Waals surface area (Å²) < 4.78 is 21.8. The molecule has 3 aromatic rings. The number of carbonyl (C=O) groups is 1. The molecule has 0 fully saturated rings. The molecular weight excluding hydrogens is 396 g/mol. The highest BCUT2D eigenvalue weighted by Gasteiger charge is 2.06. The minimum Gasteiger partial charge on any atom is -0.497 e. The average molecular weight is 420 g/mol. The van der Waals surface area contributed by atoms with Crippen LogP contribution in [0, 0.1) is 0 Å². The SMILES string of the molecule is COc1cccc(OCC(=O)N/N=C/c2ccc(OCc3ccccc3)c(OC)c2)c1. The summed E-state index contributed by atoms with van der Waals surface area (Å²) in [5.41, 5.74) is 4.24. The fraction of sp³-hybridized carbons (Fsp3) is 0.167. The van der Waals surface area contributed by atoms with Crippen LogP contribution >= 0.6 is 0 Å². The van der Waals surface area contributed by atoms with Gasteiger partial charge in [-0.05, 0) is 41.5 Å². The van der Waals surface area contributed by atoms with Crippen LogP contribution in [0.4, 0.5) is 0 Å². The molecule has 0 spiro atoms. The largest absolute Gasteiger partial charge is 0.497 e. The smallest absolute Gasteiger partial charge is 0.277 e. The highest BCUT2D eigenvalue weighted by atomic mass is 16.5. The molecular formula is C24H24N2O5. The van der Waals surface area contributed by atoms with Gasteiger partial charge in [0.1, 0.15) is 18.1 Å². The molecule has 1 amide bonds. The van der Waals surface area contributed by atoms with Crippen molar-refractivity contribution in [1.82, 2.24) is 5.43 Å². The Bertz CT molecular complexity index is 1020. The second-order valence-corrected chi connectivity index (χ2v) is 6.45. The Morgan fingerprint density at radius 3 is 2.45 bits per heavy atom. The molecule has 0 radical (unpaired) electrons. The van der Waals surface area contributed by atoms with Gasteiger partial charge in [-0.1, -0.05) is 36.4 Å². The maximum absolute atomic E-state index is 11.9. The predicted molar refractivity (Wildman–Crippen MR) is 118 cm³/mol. The lowest BCUT2D eigenvalue weighted by Gasteiger charge is -2.11. The van der Waals surface area contributed by atoms with Crippen molar-refractivity contribution in [3.8, 4) is 23.0 Å². The van der Waals surface area contributed by atoms with Crippen molar-refractivity contribution in [1.29, 1.82) is 0 Å². The molecule has 1 N–H and O–H groups in total. The lowest BCUT2D eigenvalue weighted by Crippen LogP contribution is -2.24. The zero-order chi connectivity index (χ0) is 21.9. The second-order valence-electron chi connectivity index (χ2n) is 6.45. The quantitative estimate of drug-likeness (QED) is 0.399. The van der Waals surface area contributed by atoms with Gasteiger partial charge in [0, 0.05) is 6.07 Å². The Balaban J connectivity index is 1.51. The van der Waals surface area contributed by atoms with Crippen molar-refractivity contribution in [2.45, 2.75) is 6.61 Å². The molecule has 0 saturated heterocycles. The van der Waals surface area contributed by atoms with E-state index < -0.39 is 0 Å². The van der Waals surface area contributed by atoms with Crippen LogP contribution in [0.3, 0.4) is 0 Å². The third kappa shape index (κ3) is 6.78. The maximum Gasteiger partial charge on any atom is 0.277 e. The number of rotatable bonds is 10. The van der Waals surface area contributed by atoms with Gasteiger partial charge in [-0.3, -0.25) is 4.79 Å². The maximum atomic E-state index is 11.9. The zero-order valence-electron chi connectivity index (χ0n) is 17.4. The Morgan fingerprint density at radius 1 is 0.871 bits per heavy atom. The molecule has 31 heavy (non-hydrogen) atoms. The van der Waals surface area contributed by atoms with Gasteiger partial charge in [-0.25, -0.2) is 5.43 Å². The number of benzene rings is 3. The van der Waals surface area contributed by atoms with E-state index in [9.17, 15) is 4.79 Å². The molecule has 0 aliphatic rings. The van der Waals surface area contributed by atoms with E-state index in [2.05, 4.69) is 10.5 Å². The normalized spacial score (nSPS) is 10.5. The Labute approximate surface area is 181 Å². The number of hydrogen-bond donors (Lipinski definition) is 1. The molecule has 0 unspecified atom stereocenters. The highest BCUT2D eigenvalue weighted by Crippen LogP contribution is 2.28. The fourth-order valence-electron chi connectivity index (χ4n) is 2.67. The molecule has 3 aromatic carbocycles. The van der Waals surface area contributed by atoms with Crippen LogP contribution in [0.5, 0.6) is 23.0 Å². The Kier molecular flexibility index (Phi) is 7.88. The molecule has 0 aliphatic heterocycles. The third-order valence-electron chi connectivity index (χ3n) is 4.24. The van der Waals surface area contributed by atoms with Crippen LogP contribution in [-0.4, -0.2) is 32.9 Å². The zero-order valence-corrected chi connectivity index (χ0v) is 17.4. The van der Waals surface area contributed by atoms with E-state index in [1.807, 2.05) is 36.4 Å². The van der Waals surface area contributed by atoms with Crippen LogP contribution in [0.15, 0.2) is 77.9 Å². The summed E-state index contributed by atoms with van der Waals surface area (Å²) in [4.78, 5) is 11.9. The van der Waals surface area contributed by atoms with Crippen molar-refractivity contribution >= 4 is 12.1 Å². The number of ether oxygens (including phenoxy) is 4. The van der Waals surface area contributed by atoms with Crippen molar-refractivity contribution < 1.29 is 23.7 Å². The standard InChI is InChI=1S/C24H24N2O5/c1-28-20-9-6-10-21(14-20)30-17-24(27)26-25-15-19-11-12-22(23(13-19)29-2)31-16-18-7-4-3-5-8-18/h3-15H,16-17H2,1-2H3,(H,26,27)/b25-15+. The van der Waals surface area contributed by atoms with Crippen molar-refractivity contribution in [2.75, 3.05) is 20.8 Å². The summed E-state index contributed by atoms with van der Waals surface area (Å²) in [5.74, 6) is 2.01. The molecule has 160 valence electrons. The van der Waals surface area contributed by atoms with E-state index in [1.165, 1.54) is 6.21 Å². The van der Waals surface area contributed by atoms with Gasteiger partial charge in [-0.2, -0.15) is 5.10 Å². The van der Waals surface area contributed by atoms with Crippen molar-refractivity contribution in [2.24, 2.45) is 5.10 Å². The number of nitrogens with one attached hydrogen (secondary N) is 1. The molecule has 7 heteroatoms. The number of methoxy groups -OCH3 is 2. The Hall–Kier alpha value is -4.00. The number of hydrazone groups is 1. The number of hydrogen-bond acceptors (Lipinski definition) is 6. The molecule has 0 bridgehead atoms. The number of amides is 1. The molecule has 7 nitrogen and oxygen atoms in total. The molecule has 0 heterocycles. The summed E-state index contributed by atoms with van der Waals surface area (Å²) in [6.07, 6.45) is 1.52. The average Bonchev–Trinajstić information content (AvgIpc) is 2.82. The minimum atomic E-state index is -0.381. The minimum absolute atomic E-state index is 0.167. The third-order valence-corrected chi connectivity index (χ3v) is 4.24. The van der Waals surface area contributed by atoms with Crippen LogP contribution in [0.25, 0.3) is 0 Å². The van der Waals surface area contributed by atoms with Gasteiger partial charge in [0.25, 0.3) is 5.91 Å². The first-order valence-electron chi connectivity index (χ1n) is 9.61. The van der Waals surface area contributed by atoms with Gasteiger partial charge < -0.3 is 18.9 Å². The first-order valence-corrected chi connectivity index (χ1v) is 9.61. The lowest BCUT2D eigenvalue weighted by atomic mass is 10.2. The first kappa shape index (κ1) is 21.7. The molecule has 0 saturated carbocycles. The van der Waals surface area contributed by atoms with Gasteiger partial charge in [0.15, 0.2) is 18.1 Å². The topological polar surface area (TPSA) is 78.4 Å².